The highest BCUT2D eigenvalue weighted by atomic mass is 16.3. The summed E-state index contributed by atoms with van der Waals surface area (Å²) in [5.41, 5.74) is 2.44. The maximum absolute atomic E-state index is 10.7. The second kappa shape index (κ2) is 5.64. The molecule has 0 spiro atoms. The first-order chi connectivity index (χ1) is 8.93. The molecule has 0 heterocycles. The van der Waals surface area contributed by atoms with Crippen LogP contribution >= 0.6 is 0 Å². The highest BCUT2D eigenvalue weighted by molar-refractivity contribution is 5.35. The molecule has 0 aromatic heterocycles. The van der Waals surface area contributed by atoms with Crippen molar-refractivity contribution in [3.8, 4) is 0 Å². The molecular weight excluding hydrogens is 234 g/mol. The molecule has 2 nitrogen and oxygen atoms in total. The van der Waals surface area contributed by atoms with Gasteiger partial charge in [-0.15, -0.1) is 0 Å². The molecule has 0 aliphatic heterocycles. The van der Waals surface area contributed by atoms with Crippen LogP contribution < -0.4 is 0 Å². The Hall–Kier alpha value is -0.860. The van der Waals surface area contributed by atoms with Gasteiger partial charge in [-0.2, -0.15) is 0 Å². The maximum atomic E-state index is 10.7. The van der Waals surface area contributed by atoms with E-state index in [0.717, 1.165) is 12.0 Å². The standard InChI is InChI=1S/C17H27NO/c1-11(2)13(4)18(5)16-10-12(3)14-8-6-7-9-15(14)17(16)19/h6-9,11-13,16-17,19H,10H2,1-5H3. The molecule has 19 heavy (non-hydrogen) atoms. The van der Waals surface area contributed by atoms with Crippen molar-refractivity contribution in [2.24, 2.45) is 5.92 Å². The summed E-state index contributed by atoms with van der Waals surface area (Å²) >= 11 is 0. The fraction of sp³-hybridized carbons (Fsp3) is 0.647. The van der Waals surface area contributed by atoms with Crippen molar-refractivity contribution < 1.29 is 5.11 Å². The van der Waals surface area contributed by atoms with Crippen LogP contribution in [0, 0.1) is 5.92 Å². The quantitative estimate of drug-likeness (QED) is 0.899. The molecule has 0 fully saturated rings. The number of fused-ring (bicyclic) bond motifs is 1. The lowest BCUT2D eigenvalue weighted by molar-refractivity contribution is 0.0169. The predicted octanol–water partition coefficient (Wildman–Crippen LogP) is 3.57. The van der Waals surface area contributed by atoms with Gasteiger partial charge in [-0.05, 0) is 43.4 Å². The molecule has 1 N–H and O–H groups in total. The van der Waals surface area contributed by atoms with Gasteiger partial charge < -0.3 is 5.11 Å². The highest BCUT2D eigenvalue weighted by Gasteiger charge is 2.35. The van der Waals surface area contributed by atoms with Gasteiger partial charge in [0.15, 0.2) is 0 Å². The van der Waals surface area contributed by atoms with Crippen molar-refractivity contribution in [3.05, 3.63) is 35.4 Å². The zero-order chi connectivity index (χ0) is 14.2. The second-order valence-electron chi connectivity index (χ2n) is 6.43. The molecule has 0 amide bonds. The first-order valence-corrected chi connectivity index (χ1v) is 7.42. The van der Waals surface area contributed by atoms with Crippen molar-refractivity contribution >= 4 is 0 Å². The summed E-state index contributed by atoms with van der Waals surface area (Å²) < 4.78 is 0. The molecule has 0 saturated carbocycles. The summed E-state index contributed by atoms with van der Waals surface area (Å²) in [5.74, 6) is 1.12. The van der Waals surface area contributed by atoms with Crippen LogP contribution in [0.15, 0.2) is 24.3 Å². The number of aliphatic hydroxyl groups excluding tert-OH is 1. The SMILES string of the molecule is CC1CC(N(C)C(C)C(C)C)C(O)c2ccccc21. The van der Waals surface area contributed by atoms with E-state index in [1.54, 1.807) is 0 Å². The number of benzene rings is 1. The summed E-state index contributed by atoms with van der Waals surface area (Å²) in [7, 11) is 2.15. The van der Waals surface area contributed by atoms with Crippen molar-refractivity contribution in [1.82, 2.24) is 4.90 Å². The summed E-state index contributed by atoms with van der Waals surface area (Å²) in [4.78, 5) is 2.36. The average Bonchev–Trinajstić information content (AvgIpc) is 2.41. The minimum atomic E-state index is -0.362. The van der Waals surface area contributed by atoms with Gasteiger partial charge >= 0.3 is 0 Å². The van der Waals surface area contributed by atoms with Crippen LogP contribution in [0.3, 0.4) is 0 Å². The van der Waals surface area contributed by atoms with E-state index in [1.165, 1.54) is 5.56 Å². The molecule has 1 aliphatic rings. The van der Waals surface area contributed by atoms with E-state index in [0.29, 0.717) is 17.9 Å². The molecule has 4 unspecified atom stereocenters. The maximum Gasteiger partial charge on any atom is 0.0948 e. The third-order valence-electron chi connectivity index (χ3n) is 4.94. The lowest BCUT2D eigenvalue weighted by atomic mass is 9.78. The van der Waals surface area contributed by atoms with Gasteiger partial charge in [0.2, 0.25) is 0 Å². The number of hydrogen-bond donors (Lipinski definition) is 1. The van der Waals surface area contributed by atoms with Gasteiger partial charge in [0.05, 0.1) is 6.10 Å². The first-order valence-electron chi connectivity index (χ1n) is 7.42. The Kier molecular flexibility index (Phi) is 4.32. The fourth-order valence-electron chi connectivity index (χ4n) is 3.22. The fourth-order valence-corrected chi connectivity index (χ4v) is 3.22. The summed E-state index contributed by atoms with van der Waals surface area (Å²) in [6.45, 7) is 9.01. The Bertz CT molecular complexity index is 429. The van der Waals surface area contributed by atoms with Crippen molar-refractivity contribution in [3.63, 3.8) is 0 Å². The van der Waals surface area contributed by atoms with Crippen LogP contribution in [0.2, 0.25) is 0 Å². The number of nitrogens with zero attached hydrogens (tertiary/aromatic N) is 1. The third-order valence-corrected chi connectivity index (χ3v) is 4.94. The summed E-state index contributed by atoms with van der Waals surface area (Å²) in [6, 6.07) is 9.05. The Morgan fingerprint density at radius 3 is 2.32 bits per heavy atom. The van der Waals surface area contributed by atoms with Gasteiger partial charge in [0.1, 0.15) is 0 Å². The lowest BCUT2D eigenvalue weighted by Gasteiger charge is -2.42. The lowest BCUT2D eigenvalue weighted by Crippen LogP contribution is -2.46. The number of hydrogen-bond acceptors (Lipinski definition) is 2. The minimum absolute atomic E-state index is 0.224. The van der Waals surface area contributed by atoms with Crippen molar-refractivity contribution in [1.29, 1.82) is 0 Å². The normalized spacial score (nSPS) is 28.5. The Morgan fingerprint density at radius 1 is 1.16 bits per heavy atom. The molecule has 4 atom stereocenters. The smallest absolute Gasteiger partial charge is 0.0948 e. The van der Waals surface area contributed by atoms with Gasteiger partial charge in [-0.3, -0.25) is 4.90 Å². The Balaban J connectivity index is 2.27. The zero-order valence-electron chi connectivity index (χ0n) is 12.8. The van der Waals surface area contributed by atoms with E-state index < -0.39 is 0 Å². The zero-order valence-corrected chi connectivity index (χ0v) is 12.8. The Morgan fingerprint density at radius 2 is 1.74 bits per heavy atom. The van der Waals surface area contributed by atoms with Crippen LogP contribution in [-0.4, -0.2) is 29.1 Å². The number of aliphatic hydroxyl groups is 1. The molecule has 1 aromatic rings. The first kappa shape index (κ1) is 14.5. The Labute approximate surface area is 117 Å². The second-order valence-corrected chi connectivity index (χ2v) is 6.43. The summed E-state index contributed by atoms with van der Waals surface area (Å²) in [6.07, 6.45) is 0.671. The van der Waals surface area contributed by atoms with Gasteiger partial charge in [-0.25, -0.2) is 0 Å². The largest absolute Gasteiger partial charge is 0.387 e. The molecule has 0 radical (unpaired) electrons. The molecular formula is C17H27NO. The van der Waals surface area contributed by atoms with E-state index in [1.807, 2.05) is 6.07 Å². The number of rotatable bonds is 3. The molecule has 0 bridgehead atoms. The molecule has 106 valence electrons. The van der Waals surface area contributed by atoms with Crippen LogP contribution in [0.5, 0.6) is 0 Å². The molecule has 2 heteroatoms. The molecule has 1 aliphatic carbocycles. The van der Waals surface area contributed by atoms with Crippen LogP contribution in [0.25, 0.3) is 0 Å². The van der Waals surface area contributed by atoms with Crippen LogP contribution in [0.1, 0.15) is 57.3 Å². The van der Waals surface area contributed by atoms with E-state index >= 15 is 0 Å². The number of likely N-dealkylation sites (N-methyl/N-ethyl adjacent to an activating group) is 1. The van der Waals surface area contributed by atoms with Gasteiger partial charge in [-0.1, -0.05) is 45.0 Å². The predicted molar refractivity (Wildman–Crippen MR) is 80.3 cm³/mol. The van der Waals surface area contributed by atoms with E-state index in [4.69, 9.17) is 0 Å². The minimum Gasteiger partial charge on any atom is -0.387 e. The average molecular weight is 261 g/mol. The highest BCUT2D eigenvalue weighted by Crippen LogP contribution is 2.40. The van der Waals surface area contributed by atoms with Gasteiger partial charge in [0.25, 0.3) is 0 Å². The van der Waals surface area contributed by atoms with Gasteiger partial charge in [0, 0.05) is 12.1 Å². The third kappa shape index (κ3) is 2.70. The van der Waals surface area contributed by atoms with E-state index in [-0.39, 0.29) is 12.1 Å². The molecule has 2 rings (SSSR count). The van der Waals surface area contributed by atoms with Crippen LogP contribution in [-0.2, 0) is 0 Å². The summed E-state index contributed by atoms with van der Waals surface area (Å²) in [5, 5.41) is 10.7. The van der Waals surface area contributed by atoms with Crippen molar-refractivity contribution in [2.45, 2.75) is 58.2 Å². The van der Waals surface area contributed by atoms with E-state index in [2.05, 4.69) is 57.8 Å². The topological polar surface area (TPSA) is 23.5 Å². The monoisotopic (exact) mass is 261 g/mol. The van der Waals surface area contributed by atoms with Crippen molar-refractivity contribution in [2.75, 3.05) is 7.05 Å². The molecule has 1 aromatic carbocycles. The van der Waals surface area contributed by atoms with E-state index in [9.17, 15) is 5.11 Å². The molecule has 0 saturated heterocycles. The van der Waals surface area contributed by atoms with Crippen LogP contribution in [0.4, 0.5) is 0 Å².